The Labute approximate surface area is 719 Å². The van der Waals surface area contributed by atoms with Crippen LogP contribution in [0.5, 0.6) is 11.5 Å². The van der Waals surface area contributed by atoms with Gasteiger partial charge in [0.2, 0.25) is 5.91 Å². The van der Waals surface area contributed by atoms with E-state index in [2.05, 4.69) is 90.2 Å². The average Bonchev–Trinajstić information content (AvgIpc) is 0.802. The van der Waals surface area contributed by atoms with E-state index in [0.717, 1.165) is 109 Å². The lowest BCUT2D eigenvalue weighted by molar-refractivity contribution is -0.155. The fourth-order valence-electron chi connectivity index (χ4n) is 11.4. The molecule has 14 heteroatoms. The lowest BCUT2D eigenvalue weighted by atomic mass is 9.89. The van der Waals surface area contributed by atoms with E-state index in [0.29, 0.717) is 35.5 Å². The van der Waals surface area contributed by atoms with Gasteiger partial charge in [-0.3, -0.25) is 33.6 Å². The lowest BCUT2D eigenvalue weighted by Gasteiger charge is -2.21. The van der Waals surface area contributed by atoms with E-state index in [1.54, 1.807) is 48.5 Å². The molecular weight excluding hydrogens is 1530 g/mol. The van der Waals surface area contributed by atoms with Crippen molar-refractivity contribution >= 4 is 68.9 Å². The SMILES string of the molecule is CCC(C)(C)C(=O)Nc1ccc(-c2ccccc2)cc1.CCC(C)(C)C(=O)OCCOc1c(-c2ccccc2)cccc1-c1ccccc1.CCC(C)(C)C(=O)Sc1ccc(C(=O)c2ccccc2)cc1.CCC(C)C(=O)OCCOc1c(-c2ccccc2)cccc1-c1ccccc1.CCC(C)C(=O)Sc1ccc(C(=O)c2ccccc2)cc1. The van der Waals surface area contributed by atoms with E-state index in [9.17, 15) is 33.6 Å². The predicted molar refractivity (Wildman–Crippen MR) is 494 cm³/mol. The summed E-state index contributed by atoms with van der Waals surface area (Å²) in [5, 5.41) is 3.29. The summed E-state index contributed by atoms with van der Waals surface area (Å²) in [7, 11) is 0. The Balaban J connectivity index is 0.000000188. The van der Waals surface area contributed by atoms with Gasteiger partial charge in [0.25, 0.3) is 0 Å². The minimum atomic E-state index is -0.475. The average molecular weight is 1640 g/mol. The fraction of sp³-hybridized carbons (Fsp3) is 0.255. The molecule has 0 aromatic heterocycles. The molecule has 0 radical (unpaired) electrons. The number of thioether (sulfide) groups is 2. The summed E-state index contributed by atoms with van der Waals surface area (Å²) in [5.41, 5.74) is 13.1. The molecule has 0 fully saturated rings. The van der Waals surface area contributed by atoms with Crippen LogP contribution >= 0.6 is 23.5 Å². The minimum Gasteiger partial charge on any atom is -0.489 e. The van der Waals surface area contributed by atoms with E-state index in [1.807, 2.05) is 278 Å². The van der Waals surface area contributed by atoms with Gasteiger partial charge >= 0.3 is 11.9 Å². The molecule has 0 spiro atoms. The molecule has 12 nitrogen and oxygen atoms in total. The third kappa shape index (κ3) is 28.4. The van der Waals surface area contributed by atoms with Crippen molar-refractivity contribution in [2.75, 3.05) is 31.7 Å². The van der Waals surface area contributed by atoms with E-state index in [-0.39, 0.29) is 75.5 Å². The number of para-hydroxylation sites is 2. The van der Waals surface area contributed by atoms with Crippen LogP contribution < -0.4 is 14.8 Å². The zero-order valence-electron chi connectivity index (χ0n) is 71.4. The highest BCUT2D eigenvalue weighted by molar-refractivity contribution is 8.14. The fourth-order valence-corrected chi connectivity index (χ4v) is 13.2. The summed E-state index contributed by atoms with van der Waals surface area (Å²) >= 11 is 2.48. The molecule has 0 aliphatic heterocycles. The molecule has 0 saturated carbocycles. The van der Waals surface area contributed by atoms with Crippen molar-refractivity contribution in [2.24, 2.45) is 28.1 Å². The smallest absolute Gasteiger partial charge is 0.311 e. The van der Waals surface area contributed by atoms with Crippen LogP contribution in [0.2, 0.25) is 0 Å². The molecule has 0 aliphatic rings. The van der Waals surface area contributed by atoms with Gasteiger partial charge in [-0.15, -0.1) is 0 Å². The van der Waals surface area contributed by atoms with E-state index < -0.39 is 5.41 Å². The lowest BCUT2D eigenvalue weighted by Crippen LogP contribution is -2.29. The summed E-state index contributed by atoms with van der Waals surface area (Å²) in [5.74, 6) is 1.27. The van der Waals surface area contributed by atoms with Crippen LogP contribution in [0.4, 0.5) is 5.69 Å². The van der Waals surface area contributed by atoms with Crippen LogP contribution in [0.15, 0.2) is 331 Å². The predicted octanol–water partition coefficient (Wildman–Crippen LogP) is 26.7. The van der Waals surface area contributed by atoms with Crippen molar-refractivity contribution in [1.29, 1.82) is 0 Å². The van der Waals surface area contributed by atoms with E-state index >= 15 is 0 Å². The van der Waals surface area contributed by atoms with Crippen LogP contribution in [0.25, 0.3) is 55.6 Å². The normalized spacial score (nSPS) is 11.4. The number of hydrogen-bond donors (Lipinski definition) is 1. The maximum Gasteiger partial charge on any atom is 0.311 e. The van der Waals surface area contributed by atoms with Crippen molar-refractivity contribution in [3.63, 3.8) is 0 Å². The van der Waals surface area contributed by atoms with Gasteiger partial charge in [0.1, 0.15) is 37.9 Å². The summed E-state index contributed by atoms with van der Waals surface area (Å²) in [6.07, 6.45) is 3.98. The number of ether oxygens (including phenoxy) is 4. The van der Waals surface area contributed by atoms with Crippen LogP contribution in [0.3, 0.4) is 0 Å². The number of amides is 1. The monoisotopic (exact) mass is 1640 g/mol. The highest BCUT2D eigenvalue weighted by Gasteiger charge is 2.29. The van der Waals surface area contributed by atoms with Gasteiger partial charge in [-0.2, -0.15) is 0 Å². The standard InChI is InChI=1S/C26H28O3.C25H26O3.C19H20O2S.C18H21NO.C18H18O2S/c1-4-26(2,3)25(27)29-19-18-28-24-22(20-12-7-5-8-13-20)16-11-17-23(24)21-14-9-6-10-15-21;1-3-19(2)25(26)28-18-17-27-24-22(20-11-6-4-7-12-20)15-10-16-23(24)21-13-8-5-9-14-21;1-4-19(2,3)18(21)22-16-12-10-15(11-13-16)17(20)14-8-6-5-7-9-14;1-4-18(2,3)17(20)19-16-12-10-15(11-13-16)14-8-6-5-7-9-14;1-3-13(2)18(20)21-16-11-9-15(10-12-16)17(19)14-7-5-4-6-8-14/h5-17H,4,18-19H2,1-3H3;4-16,19H,3,17-18H2,1-2H3;5-13H,4H2,1-3H3;5-13H,4H2,1-3H3,(H,19,20);4-13H,3H2,1-2H3. The van der Waals surface area contributed by atoms with Crippen molar-refractivity contribution in [1.82, 2.24) is 0 Å². The maximum absolute atomic E-state index is 12.3. The van der Waals surface area contributed by atoms with Gasteiger partial charge in [-0.1, -0.05) is 361 Å². The summed E-state index contributed by atoms with van der Waals surface area (Å²) in [4.78, 5) is 86.6. The molecule has 0 bridgehead atoms. The Morgan fingerprint density at radius 1 is 0.317 bits per heavy atom. The number of anilines is 1. The Bertz CT molecular complexity index is 5070. The topological polar surface area (TPSA) is 168 Å². The first-order valence-corrected chi connectivity index (χ1v) is 42.8. The molecule has 0 aliphatic carbocycles. The largest absolute Gasteiger partial charge is 0.489 e. The van der Waals surface area contributed by atoms with E-state index in [1.165, 1.54) is 29.1 Å². The summed E-state index contributed by atoms with van der Waals surface area (Å²) in [6, 6.07) is 104. The number of benzene rings is 12. The molecule has 12 aromatic carbocycles. The summed E-state index contributed by atoms with van der Waals surface area (Å²) < 4.78 is 23.2. The number of carbonyl (C=O) groups is 7. The van der Waals surface area contributed by atoms with Crippen molar-refractivity contribution < 1.29 is 52.5 Å². The Morgan fingerprint density at radius 3 is 0.983 bits per heavy atom. The molecule has 12 aromatic rings. The second-order valence-corrected chi connectivity index (χ2v) is 32.9. The molecule has 620 valence electrons. The van der Waals surface area contributed by atoms with Gasteiger partial charge in [0.05, 0.1) is 11.3 Å². The van der Waals surface area contributed by atoms with Gasteiger partial charge < -0.3 is 24.3 Å². The number of carbonyl (C=O) groups excluding carboxylic acids is 7. The minimum absolute atomic E-state index is 0.000373. The number of hydrogen-bond acceptors (Lipinski definition) is 13. The second kappa shape index (κ2) is 47.6. The first-order valence-electron chi connectivity index (χ1n) is 41.2. The molecule has 1 N–H and O–H groups in total. The molecule has 0 saturated heterocycles. The summed E-state index contributed by atoms with van der Waals surface area (Å²) in [6.45, 7) is 26.5. The molecular formula is C106H113NO11S2. The highest BCUT2D eigenvalue weighted by Crippen LogP contribution is 2.42. The Kier molecular flexibility index (Phi) is 37.1. The van der Waals surface area contributed by atoms with Gasteiger partial charge in [0.15, 0.2) is 21.8 Å². The van der Waals surface area contributed by atoms with Crippen molar-refractivity contribution in [3.8, 4) is 67.1 Å². The Hall–Kier alpha value is -12.0. The highest BCUT2D eigenvalue weighted by atomic mass is 32.2. The molecule has 2 atom stereocenters. The van der Waals surface area contributed by atoms with Crippen molar-refractivity contribution in [2.45, 2.75) is 132 Å². The molecule has 1 amide bonds. The zero-order chi connectivity index (χ0) is 86.5. The van der Waals surface area contributed by atoms with Crippen LogP contribution in [-0.2, 0) is 33.4 Å². The van der Waals surface area contributed by atoms with E-state index in [4.69, 9.17) is 18.9 Å². The first-order chi connectivity index (χ1) is 57.8. The van der Waals surface area contributed by atoms with Gasteiger partial charge in [-0.05, 0) is 140 Å². The van der Waals surface area contributed by atoms with Crippen LogP contribution in [0, 0.1) is 28.1 Å². The molecule has 120 heavy (non-hydrogen) atoms. The number of rotatable bonds is 30. The quantitative estimate of drug-likeness (QED) is 0.0196. The Morgan fingerprint density at radius 2 is 0.633 bits per heavy atom. The van der Waals surface area contributed by atoms with Gasteiger partial charge in [0, 0.05) is 76.7 Å². The number of ketones is 2. The second-order valence-electron chi connectivity index (χ2n) is 30.8. The molecule has 0 heterocycles. The van der Waals surface area contributed by atoms with Gasteiger partial charge in [-0.25, -0.2) is 0 Å². The van der Waals surface area contributed by atoms with Crippen LogP contribution in [0.1, 0.15) is 154 Å². The number of esters is 2. The molecule has 2 unspecified atom stereocenters. The number of nitrogens with one attached hydrogen (secondary N) is 1. The first kappa shape index (κ1) is 93.5. The molecule has 12 rings (SSSR count). The zero-order valence-corrected chi connectivity index (χ0v) is 73.1. The van der Waals surface area contributed by atoms with Crippen LogP contribution in [-0.4, -0.2) is 66.1 Å². The third-order valence-corrected chi connectivity index (χ3v) is 23.2. The maximum atomic E-state index is 12.3. The third-order valence-electron chi connectivity index (χ3n) is 20.9. The van der Waals surface area contributed by atoms with Crippen molar-refractivity contribution in [3.05, 3.63) is 344 Å².